The van der Waals surface area contributed by atoms with Gasteiger partial charge in [-0.3, -0.25) is 0 Å². The lowest BCUT2D eigenvalue weighted by atomic mass is 10.2. The quantitative estimate of drug-likeness (QED) is 0.819. The predicted molar refractivity (Wildman–Crippen MR) is 52.1 cm³/mol. The molecule has 0 atom stereocenters. The second-order valence-electron chi connectivity index (χ2n) is 2.45. The maximum absolute atomic E-state index is 12.4. The van der Waals surface area contributed by atoms with Gasteiger partial charge in [0.15, 0.2) is 0 Å². The summed E-state index contributed by atoms with van der Waals surface area (Å²) in [6.07, 6.45) is 0. The zero-order valence-corrected chi connectivity index (χ0v) is 9.02. The van der Waals surface area contributed by atoms with Crippen molar-refractivity contribution in [3.05, 3.63) is 22.2 Å². The van der Waals surface area contributed by atoms with E-state index in [1.807, 2.05) is 0 Å². The highest BCUT2D eigenvalue weighted by molar-refractivity contribution is 9.10. The number of hydrogen-bond acceptors (Lipinski definition) is 2. The average Bonchev–Trinajstić information content (AvgIpc) is 2.18. The van der Waals surface area contributed by atoms with Gasteiger partial charge in [0.1, 0.15) is 22.6 Å². The number of methoxy groups -OCH3 is 2. The van der Waals surface area contributed by atoms with E-state index in [9.17, 15) is 4.39 Å². The Morgan fingerprint density at radius 3 is 2.00 bits per heavy atom. The minimum atomic E-state index is -0.528. The van der Waals surface area contributed by atoms with Crippen LogP contribution in [0.5, 0.6) is 11.5 Å². The third-order valence-corrected chi connectivity index (χ3v) is 2.44. The number of ether oxygens (including phenoxy) is 2. The number of hydrogen-bond donors (Lipinski definition) is 0. The molecule has 0 aliphatic rings. The van der Waals surface area contributed by atoms with E-state index < -0.39 is 6.67 Å². The minimum absolute atomic E-state index is 0.528. The molecular formula is C9H10BrFO2. The molecule has 13 heavy (non-hydrogen) atoms. The summed E-state index contributed by atoms with van der Waals surface area (Å²) in [5.41, 5.74) is 0.539. The Hall–Kier alpha value is -0.770. The zero-order valence-electron chi connectivity index (χ0n) is 7.43. The molecule has 0 N–H and O–H groups in total. The Bertz CT molecular complexity index is 277. The van der Waals surface area contributed by atoms with E-state index in [1.54, 1.807) is 12.1 Å². The van der Waals surface area contributed by atoms with Crippen molar-refractivity contribution in [3.63, 3.8) is 0 Å². The van der Waals surface area contributed by atoms with Gasteiger partial charge >= 0.3 is 0 Å². The van der Waals surface area contributed by atoms with Crippen molar-refractivity contribution in [1.29, 1.82) is 0 Å². The Morgan fingerprint density at radius 1 is 1.23 bits per heavy atom. The summed E-state index contributed by atoms with van der Waals surface area (Å²) >= 11 is 3.29. The molecular weight excluding hydrogens is 239 g/mol. The van der Waals surface area contributed by atoms with Gasteiger partial charge in [0.05, 0.1) is 14.2 Å². The first-order valence-electron chi connectivity index (χ1n) is 3.69. The number of halogens is 2. The molecule has 0 spiro atoms. The van der Waals surface area contributed by atoms with Gasteiger partial charge in [0.25, 0.3) is 0 Å². The number of alkyl halides is 1. The zero-order chi connectivity index (χ0) is 9.84. The number of benzene rings is 1. The summed E-state index contributed by atoms with van der Waals surface area (Å²) in [6.45, 7) is -0.528. The van der Waals surface area contributed by atoms with E-state index in [1.165, 1.54) is 14.2 Å². The average molecular weight is 249 g/mol. The second-order valence-corrected chi connectivity index (χ2v) is 3.24. The molecule has 1 aromatic carbocycles. The molecule has 1 rings (SSSR count). The van der Waals surface area contributed by atoms with E-state index in [-0.39, 0.29) is 0 Å². The lowest BCUT2D eigenvalue weighted by Gasteiger charge is -2.09. The molecule has 0 heterocycles. The van der Waals surface area contributed by atoms with Crippen molar-refractivity contribution < 1.29 is 13.9 Å². The van der Waals surface area contributed by atoms with Crippen LogP contribution in [0.25, 0.3) is 0 Å². The Balaban J connectivity index is 3.20. The van der Waals surface area contributed by atoms with Crippen LogP contribution in [0, 0.1) is 0 Å². The third-order valence-electron chi connectivity index (χ3n) is 1.66. The largest absolute Gasteiger partial charge is 0.495 e. The summed E-state index contributed by atoms with van der Waals surface area (Å²) in [6, 6.07) is 3.26. The lowest BCUT2D eigenvalue weighted by molar-refractivity contribution is 0.385. The smallest absolute Gasteiger partial charge is 0.137 e. The highest BCUT2D eigenvalue weighted by Gasteiger charge is 2.09. The van der Waals surface area contributed by atoms with Crippen molar-refractivity contribution in [2.75, 3.05) is 14.2 Å². The van der Waals surface area contributed by atoms with Gasteiger partial charge in [0, 0.05) is 0 Å². The monoisotopic (exact) mass is 248 g/mol. The van der Waals surface area contributed by atoms with Crippen molar-refractivity contribution in [1.82, 2.24) is 0 Å². The fourth-order valence-electron chi connectivity index (χ4n) is 1.00. The van der Waals surface area contributed by atoms with Crippen molar-refractivity contribution in [2.24, 2.45) is 0 Å². The van der Waals surface area contributed by atoms with Crippen LogP contribution in [0.1, 0.15) is 5.56 Å². The summed E-state index contributed by atoms with van der Waals surface area (Å²) in [4.78, 5) is 0. The lowest BCUT2D eigenvalue weighted by Crippen LogP contribution is -1.92. The first-order chi connectivity index (χ1) is 6.22. The molecule has 0 bridgehead atoms. The molecule has 0 unspecified atom stereocenters. The van der Waals surface area contributed by atoms with Crippen LogP contribution < -0.4 is 9.47 Å². The van der Waals surface area contributed by atoms with Crippen molar-refractivity contribution in [2.45, 2.75) is 6.67 Å². The molecule has 0 fully saturated rings. The molecule has 0 aliphatic carbocycles. The van der Waals surface area contributed by atoms with Crippen LogP contribution in [0.2, 0.25) is 0 Å². The fraction of sp³-hybridized carbons (Fsp3) is 0.333. The maximum Gasteiger partial charge on any atom is 0.137 e. The van der Waals surface area contributed by atoms with Crippen LogP contribution in [-0.4, -0.2) is 14.2 Å². The third kappa shape index (κ3) is 2.12. The molecule has 0 radical (unpaired) electrons. The molecule has 2 nitrogen and oxygen atoms in total. The second kappa shape index (κ2) is 4.46. The van der Waals surface area contributed by atoms with Crippen LogP contribution in [0.15, 0.2) is 16.6 Å². The first-order valence-corrected chi connectivity index (χ1v) is 4.48. The first kappa shape index (κ1) is 10.3. The summed E-state index contributed by atoms with van der Waals surface area (Å²) in [7, 11) is 3.06. The normalized spacial score (nSPS) is 9.85. The van der Waals surface area contributed by atoms with Gasteiger partial charge in [-0.1, -0.05) is 0 Å². The minimum Gasteiger partial charge on any atom is -0.495 e. The summed E-state index contributed by atoms with van der Waals surface area (Å²) in [5.74, 6) is 1.15. The van der Waals surface area contributed by atoms with Crippen molar-refractivity contribution >= 4 is 15.9 Å². The molecule has 72 valence electrons. The van der Waals surface area contributed by atoms with Crippen molar-refractivity contribution in [3.8, 4) is 11.5 Å². The van der Waals surface area contributed by atoms with E-state index in [0.717, 1.165) is 0 Å². The molecule has 1 aromatic rings. The molecule has 0 saturated heterocycles. The molecule has 0 saturated carbocycles. The maximum atomic E-state index is 12.4. The standard InChI is InChI=1S/C9H10BrFO2/c1-12-7-3-6(5-11)4-8(13-2)9(7)10/h3-4H,5H2,1-2H3. The predicted octanol–water partition coefficient (Wildman–Crippen LogP) is 2.94. The molecule has 4 heteroatoms. The SMILES string of the molecule is COc1cc(CF)cc(OC)c1Br. The van der Waals surface area contributed by atoms with Gasteiger partial charge in [-0.05, 0) is 33.6 Å². The summed E-state index contributed by atoms with van der Waals surface area (Å²) < 4.78 is 23.1. The van der Waals surface area contributed by atoms with Gasteiger partial charge < -0.3 is 9.47 Å². The van der Waals surface area contributed by atoms with Gasteiger partial charge in [-0.2, -0.15) is 0 Å². The van der Waals surface area contributed by atoms with Gasteiger partial charge in [-0.15, -0.1) is 0 Å². The van der Waals surface area contributed by atoms with E-state index in [2.05, 4.69) is 15.9 Å². The number of rotatable bonds is 3. The van der Waals surface area contributed by atoms with Gasteiger partial charge in [-0.25, -0.2) is 4.39 Å². The summed E-state index contributed by atoms with van der Waals surface area (Å²) in [5, 5.41) is 0. The molecule has 0 amide bonds. The Labute approximate surface area is 84.8 Å². The highest BCUT2D eigenvalue weighted by Crippen LogP contribution is 2.35. The van der Waals surface area contributed by atoms with E-state index in [4.69, 9.17) is 9.47 Å². The van der Waals surface area contributed by atoms with Crippen LogP contribution in [-0.2, 0) is 6.67 Å². The Morgan fingerprint density at radius 2 is 1.69 bits per heavy atom. The fourth-order valence-corrected chi connectivity index (χ4v) is 1.55. The van der Waals surface area contributed by atoms with Crippen LogP contribution in [0.4, 0.5) is 4.39 Å². The Kier molecular flexibility index (Phi) is 3.54. The topological polar surface area (TPSA) is 18.5 Å². The van der Waals surface area contributed by atoms with Crippen LogP contribution >= 0.6 is 15.9 Å². The van der Waals surface area contributed by atoms with Crippen LogP contribution in [0.3, 0.4) is 0 Å². The van der Waals surface area contributed by atoms with E-state index in [0.29, 0.717) is 21.5 Å². The van der Waals surface area contributed by atoms with E-state index >= 15 is 0 Å². The molecule has 0 aromatic heterocycles. The molecule has 0 aliphatic heterocycles. The highest BCUT2D eigenvalue weighted by atomic mass is 79.9. The van der Waals surface area contributed by atoms with Gasteiger partial charge in [0.2, 0.25) is 0 Å².